The molecule has 0 aliphatic heterocycles. The predicted molar refractivity (Wildman–Crippen MR) is 113 cm³/mol. The van der Waals surface area contributed by atoms with Gasteiger partial charge in [0, 0.05) is 15.5 Å². The molecule has 2 aromatic heterocycles. The van der Waals surface area contributed by atoms with Crippen molar-refractivity contribution in [2.45, 2.75) is 39.3 Å². The summed E-state index contributed by atoms with van der Waals surface area (Å²) in [5.74, 6) is 0.853. The Morgan fingerprint density at radius 3 is 2.89 bits per heavy atom. The van der Waals surface area contributed by atoms with Crippen molar-refractivity contribution >= 4 is 33.2 Å². The third-order valence-electron chi connectivity index (χ3n) is 5.33. The minimum Gasteiger partial charge on any atom is -0.302 e. The lowest BCUT2D eigenvalue weighted by Crippen LogP contribution is -2.29. The zero-order chi connectivity index (χ0) is 20.0. The average Bonchev–Trinajstić information content (AvgIpc) is 2.97. The molecule has 2 heterocycles. The van der Waals surface area contributed by atoms with Crippen molar-refractivity contribution < 1.29 is 4.39 Å². The molecule has 4 rings (SSSR count). The highest BCUT2D eigenvalue weighted by molar-refractivity contribution is 7.18. The number of hydrogen-bond donors (Lipinski definition) is 0. The van der Waals surface area contributed by atoms with Crippen LogP contribution in [0.15, 0.2) is 23.0 Å². The van der Waals surface area contributed by atoms with E-state index in [1.807, 2.05) is 19.0 Å². The Hall–Kier alpha value is -1.76. The van der Waals surface area contributed by atoms with Crippen molar-refractivity contribution in [1.29, 1.82) is 0 Å². The zero-order valence-corrected chi connectivity index (χ0v) is 17.8. The molecule has 1 aromatic carbocycles. The van der Waals surface area contributed by atoms with Gasteiger partial charge in [-0.1, -0.05) is 24.6 Å². The first-order valence-corrected chi connectivity index (χ1v) is 10.7. The molecule has 7 heteroatoms. The van der Waals surface area contributed by atoms with E-state index in [1.165, 1.54) is 10.9 Å². The fourth-order valence-corrected chi connectivity index (χ4v) is 5.49. The van der Waals surface area contributed by atoms with Gasteiger partial charge in [0.1, 0.15) is 16.5 Å². The molecule has 0 spiro atoms. The van der Waals surface area contributed by atoms with E-state index in [9.17, 15) is 9.18 Å². The summed E-state index contributed by atoms with van der Waals surface area (Å²) in [7, 11) is 3.86. The number of rotatable bonds is 4. The Balaban J connectivity index is 1.92. The predicted octanol–water partition coefficient (Wildman–Crippen LogP) is 4.49. The van der Waals surface area contributed by atoms with E-state index in [1.54, 1.807) is 28.0 Å². The first kappa shape index (κ1) is 19.6. The second-order valence-electron chi connectivity index (χ2n) is 7.89. The van der Waals surface area contributed by atoms with Crippen molar-refractivity contribution in [3.63, 3.8) is 0 Å². The summed E-state index contributed by atoms with van der Waals surface area (Å²) >= 11 is 7.87. The normalized spacial score (nSPS) is 16.7. The average molecular weight is 420 g/mol. The van der Waals surface area contributed by atoms with Crippen molar-refractivity contribution in [3.05, 3.63) is 61.2 Å². The molecule has 28 heavy (non-hydrogen) atoms. The third-order valence-corrected chi connectivity index (χ3v) is 6.83. The van der Waals surface area contributed by atoms with E-state index >= 15 is 0 Å². The fraction of sp³-hybridized carbons (Fsp3) is 0.429. The molecule has 4 nitrogen and oxygen atoms in total. The molecular formula is C21H23ClFN3OS. The van der Waals surface area contributed by atoms with Crippen molar-refractivity contribution in [2.75, 3.05) is 14.1 Å². The molecule has 1 atom stereocenters. The van der Waals surface area contributed by atoms with Gasteiger partial charge in [-0.15, -0.1) is 11.3 Å². The van der Waals surface area contributed by atoms with Gasteiger partial charge < -0.3 is 4.90 Å². The van der Waals surface area contributed by atoms with Gasteiger partial charge in [-0.05, 0) is 57.0 Å². The quantitative estimate of drug-likeness (QED) is 0.625. The number of aromatic nitrogens is 2. The van der Waals surface area contributed by atoms with Gasteiger partial charge in [0.2, 0.25) is 0 Å². The van der Waals surface area contributed by atoms with Crippen LogP contribution in [-0.4, -0.2) is 28.5 Å². The van der Waals surface area contributed by atoms with Crippen LogP contribution >= 0.6 is 22.9 Å². The molecular weight excluding hydrogens is 397 g/mol. The number of fused-ring (bicyclic) bond motifs is 3. The topological polar surface area (TPSA) is 38.1 Å². The van der Waals surface area contributed by atoms with E-state index in [0.29, 0.717) is 34.3 Å². The summed E-state index contributed by atoms with van der Waals surface area (Å²) in [6, 6.07) is 4.59. The smallest absolute Gasteiger partial charge is 0.262 e. The molecule has 0 bridgehead atoms. The second-order valence-corrected chi connectivity index (χ2v) is 9.38. The van der Waals surface area contributed by atoms with Crippen LogP contribution < -0.4 is 5.56 Å². The number of nitrogens with zero attached hydrogens (tertiary/aromatic N) is 3. The SMILES string of the molecule is CC1CCc2c(sc3nc(CN(C)C)n(Cc4c(F)cccc4Cl)c(=O)c23)C1. The van der Waals surface area contributed by atoms with Gasteiger partial charge >= 0.3 is 0 Å². The Morgan fingerprint density at radius 2 is 2.18 bits per heavy atom. The Kier molecular flexibility index (Phi) is 5.29. The molecule has 0 saturated carbocycles. The largest absolute Gasteiger partial charge is 0.302 e. The number of thiophene rings is 1. The van der Waals surface area contributed by atoms with Gasteiger partial charge in [0.25, 0.3) is 5.56 Å². The van der Waals surface area contributed by atoms with Crippen LogP contribution in [-0.2, 0) is 25.9 Å². The minimum atomic E-state index is -0.406. The third kappa shape index (κ3) is 3.49. The molecule has 0 saturated heterocycles. The van der Waals surface area contributed by atoms with E-state index in [2.05, 4.69) is 6.92 Å². The summed E-state index contributed by atoms with van der Waals surface area (Å²) < 4.78 is 16.0. The molecule has 0 N–H and O–H groups in total. The van der Waals surface area contributed by atoms with Crippen LogP contribution in [0.2, 0.25) is 5.02 Å². The number of aryl methyl sites for hydroxylation is 1. The van der Waals surface area contributed by atoms with Gasteiger partial charge in [-0.2, -0.15) is 0 Å². The van der Waals surface area contributed by atoms with E-state index in [-0.39, 0.29) is 12.1 Å². The van der Waals surface area contributed by atoms with E-state index in [4.69, 9.17) is 16.6 Å². The molecule has 0 fully saturated rings. The fourth-order valence-electron chi connectivity index (χ4n) is 3.87. The van der Waals surface area contributed by atoms with Crippen LogP contribution in [0, 0.1) is 11.7 Å². The maximum Gasteiger partial charge on any atom is 0.262 e. The first-order valence-electron chi connectivity index (χ1n) is 9.46. The summed E-state index contributed by atoms with van der Waals surface area (Å²) in [5.41, 5.74) is 1.37. The maximum atomic E-state index is 14.4. The van der Waals surface area contributed by atoms with Gasteiger partial charge in [0.05, 0.1) is 18.5 Å². The highest BCUT2D eigenvalue weighted by Gasteiger charge is 2.25. The standard InChI is InChI=1S/C21H23ClFN3OS/c1-12-7-8-13-17(9-12)28-20-19(13)21(27)26(18(24-20)11-25(2)3)10-14-15(22)5-4-6-16(14)23/h4-6,12H,7-11H2,1-3H3. The number of halogens is 2. The van der Waals surface area contributed by atoms with E-state index in [0.717, 1.165) is 29.7 Å². The van der Waals surface area contributed by atoms with Crippen LogP contribution in [0.4, 0.5) is 4.39 Å². The maximum absolute atomic E-state index is 14.4. The van der Waals surface area contributed by atoms with Gasteiger partial charge in [0.15, 0.2) is 0 Å². The minimum absolute atomic E-state index is 0.0808. The molecule has 0 radical (unpaired) electrons. The molecule has 1 aliphatic rings. The number of benzene rings is 1. The number of hydrogen-bond acceptors (Lipinski definition) is 4. The second kappa shape index (κ2) is 7.58. The lowest BCUT2D eigenvalue weighted by Gasteiger charge is -2.18. The summed E-state index contributed by atoms with van der Waals surface area (Å²) in [4.78, 5) is 22.4. The van der Waals surface area contributed by atoms with Crippen molar-refractivity contribution in [2.24, 2.45) is 5.92 Å². The highest BCUT2D eigenvalue weighted by atomic mass is 35.5. The Bertz CT molecular complexity index is 1080. The summed E-state index contributed by atoms with van der Waals surface area (Å²) in [6.07, 6.45) is 2.98. The van der Waals surface area contributed by atoms with Crippen molar-refractivity contribution in [1.82, 2.24) is 14.5 Å². The molecule has 0 amide bonds. The molecule has 148 valence electrons. The summed E-state index contributed by atoms with van der Waals surface area (Å²) in [6.45, 7) is 2.82. The lowest BCUT2D eigenvalue weighted by atomic mass is 9.89. The molecule has 3 aromatic rings. The van der Waals surface area contributed by atoms with Crippen LogP contribution in [0.25, 0.3) is 10.2 Å². The van der Waals surface area contributed by atoms with Gasteiger partial charge in [-0.3, -0.25) is 9.36 Å². The van der Waals surface area contributed by atoms with E-state index < -0.39 is 5.82 Å². The lowest BCUT2D eigenvalue weighted by molar-refractivity contribution is 0.378. The Morgan fingerprint density at radius 1 is 1.39 bits per heavy atom. The summed E-state index contributed by atoms with van der Waals surface area (Å²) in [5, 5.41) is 1.03. The molecule has 1 unspecified atom stereocenters. The molecule has 1 aliphatic carbocycles. The van der Waals surface area contributed by atoms with Crippen molar-refractivity contribution in [3.8, 4) is 0 Å². The zero-order valence-electron chi connectivity index (χ0n) is 16.3. The van der Waals surface area contributed by atoms with Crippen LogP contribution in [0.3, 0.4) is 0 Å². The van der Waals surface area contributed by atoms with Gasteiger partial charge in [-0.25, -0.2) is 9.37 Å². The monoisotopic (exact) mass is 419 g/mol. The Labute approximate surface area is 172 Å². The highest BCUT2D eigenvalue weighted by Crippen LogP contribution is 2.36. The van der Waals surface area contributed by atoms with Crippen LogP contribution in [0.5, 0.6) is 0 Å². The van der Waals surface area contributed by atoms with Crippen LogP contribution in [0.1, 0.15) is 35.2 Å². The first-order chi connectivity index (χ1) is 13.3.